The molecule has 3 atom stereocenters. The van der Waals surface area contributed by atoms with Gasteiger partial charge in [0.1, 0.15) is 0 Å². The van der Waals surface area contributed by atoms with Gasteiger partial charge in [-0.25, -0.2) is 13.6 Å². The van der Waals surface area contributed by atoms with Crippen molar-refractivity contribution in [1.82, 2.24) is 5.32 Å². The van der Waals surface area contributed by atoms with E-state index in [4.69, 9.17) is 5.14 Å². The highest BCUT2D eigenvalue weighted by Crippen LogP contribution is 2.42. The molecule has 1 fully saturated rings. The van der Waals surface area contributed by atoms with Gasteiger partial charge in [0, 0.05) is 0 Å². The molecule has 0 saturated heterocycles. The Bertz CT molecular complexity index is 622. The van der Waals surface area contributed by atoms with Crippen molar-refractivity contribution in [1.29, 1.82) is 0 Å². The Morgan fingerprint density at radius 2 is 1.90 bits per heavy atom. The Labute approximate surface area is 126 Å². The molecule has 2 aliphatic rings. The summed E-state index contributed by atoms with van der Waals surface area (Å²) in [6.07, 6.45) is 8.33. The minimum Gasteiger partial charge on any atom is -0.316 e. The van der Waals surface area contributed by atoms with E-state index < -0.39 is 10.0 Å². The molecule has 3 rings (SSSR count). The van der Waals surface area contributed by atoms with Crippen LogP contribution >= 0.6 is 0 Å². The van der Waals surface area contributed by atoms with E-state index in [1.54, 1.807) is 12.1 Å². The number of sulfonamides is 1. The van der Waals surface area contributed by atoms with Gasteiger partial charge in [0.15, 0.2) is 0 Å². The van der Waals surface area contributed by atoms with Crippen molar-refractivity contribution in [3.8, 4) is 0 Å². The summed E-state index contributed by atoms with van der Waals surface area (Å²) in [6.45, 7) is 2.01. The van der Waals surface area contributed by atoms with Crippen LogP contribution < -0.4 is 10.5 Å². The summed E-state index contributed by atoms with van der Waals surface area (Å²) in [5, 5.41) is 8.61. The molecule has 0 aromatic heterocycles. The first-order chi connectivity index (χ1) is 10.0. The summed E-state index contributed by atoms with van der Waals surface area (Å²) in [5.41, 5.74) is 1.13. The van der Waals surface area contributed by atoms with E-state index in [2.05, 4.69) is 17.5 Å². The molecule has 114 valence electrons. The van der Waals surface area contributed by atoms with Crippen LogP contribution in [0.25, 0.3) is 0 Å². The quantitative estimate of drug-likeness (QED) is 0.620. The summed E-state index contributed by atoms with van der Waals surface area (Å²) in [4.78, 5) is 0.174. The van der Waals surface area contributed by atoms with Gasteiger partial charge >= 0.3 is 0 Å². The number of nitrogens with two attached hydrogens (primary N) is 1. The normalized spacial score (nSPS) is 27.4. The van der Waals surface area contributed by atoms with E-state index in [1.807, 2.05) is 12.1 Å². The minimum absolute atomic E-state index is 0.174. The molecule has 2 aliphatic carbocycles. The highest BCUT2D eigenvalue weighted by Gasteiger charge is 2.34. The molecule has 0 aliphatic heterocycles. The lowest BCUT2D eigenvalue weighted by Crippen LogP contribution is -2.27. The predicted molar refractivity (Wildman–Crippen MR) is 83.2 cm³/mol. The van der Waals surface area contributed by atoms with Crippen molar-refractivity contribution < 1.29 is 8.42 Å². The Hall–Kier alpha value is -1.17. The maximum atomic E-state index is 11.2. The third-order valence-electron chi connectivity index (χ3n) is 4.67. The van der Waals surface area contributed by atoms with Crippen molar-refractivity contribution in [3.05, 3.63) is 42.0 Å². The molecular formula is C16H22N2O2S. The van der Waals surface area contributed by atoms with Crippen molar-refractivity contribution in [3.63, 3.8) is 0 Å². The number of benzene rings is 1. The van der Waals surface area contributed by atoms with Crippen molar-refractivity contribution in [2.75, 3.05) is 13.1 Å². The fourth-order valence-electron chi connectivity index (χ4n) is 3.50. The van der Waals surface area contributed by atoms with Crippen LogP contribution in [-0.2, 0) is 16.4 Å². The van der Waals surface area contributed by atoms with Gasteiger partial charge in [-0.3, -0.25) is 0 Å². The van der Waals surface area contributed by atoms with Gasteiger partial charge in [0.25, 0.3) is 0 Å². The second kappa shape index (κ2) is 5.91. The van der Waals surface area contributed by atoms with E-state index >= 15 is 0 Å². The summed E-state index contributed by atoms with van der Waals surface area (Å²) >= 11 is 0. The topological polar surface area (TPSA) is 72.2 Å². The molecule has 1 aromatic rings. The number of primary sulfonamides is 1. The van der Waals surface area contributed by atoms with E-state index in [0.717, 1.165) is 42.8 Å². The Balaban J connectivity index is 1.42. The van der Waals surface area contributed by atoms with Crippen molar-refractivity contribution in [2.45, 2.75) is 24.2 Å². The first-order valence-electron chi connectivity index (χ1n) is 7.53. The predicted octanol–water partition coefficient (Wildman–Crippen LogP) is 1.68. The molecule has 1 aromatic carbocycles. The lowest BCUT2D eigenvalue weighted by molar-refractivity contribution is 0.416. The van der Waals surface area contributed by atoms with Crippen molar-refractivity contribution in [2.24, 2.45) is 22.9 Å². The van der Waals surface area contributed by atoms with E-state index in [-0.39, 0.29) is 4.90 Å². The second-order valence-electron chi connectivity index (χ2n) is 6.18. The second-order valence-corrected chi connectivity index (χ2v) is 7.74. The average molecular weight is 306 g/mol. The van der Waals surface area contributed by atoms with Crippen LogP contribution in [0.2, 0.25) is 0 Å². The highest BCUT2D eigenvalue weighted by molar-refractivity contribution is 7.89. The number of fused-ring (bicyclic) bond motifs is 2. The number of hydrogen-bond donors (Lipinski definition) is 2. The molecule has 0 amide bonds. The molecule has 0 heterocycles. The molecule has 0 spiro atoms. The molecule has 5 heteroatoms. The standard InChI is InChI=1S/C16H22N2O2S/c17-21(19,20)16-5-2-12(3-6-16)7-8-18-11-15-10-13-1-4-14(15)9-13/h1-6,13-15,18H,7-11H2,(H2,17,19,20). The van der Waals surface area contributed by atoms with Crippen LogP contribution in [0.1, 0.15) is 18.4 Å². The third-order valence-corrected chi connectivity index (χ3v) is 5.59. The zero-order valence-corrected chi connectivity index (χ0v) is 12.9. The molecule has 1 saturated carbocycles. The Morgan fingerprint density at radius 3 is 2.48 bits per heavy atom. The van der Waals surface area contributed by atoms with Crippen LogP contribution in [0.15, 0.2) is 41.3 Å². The lowest BCUT2D eigenvalue weighted by atomic mass is 9.93. The maximum absolute atomic E-state index is 11.2. The van der Waals surface area contributed by atoms with Crippen LogP contribution in [-0.4, -0.2) is 21.5 Å². The van der Waals surface area contributed by atoms with Gasteiger partial charge in [-0.2, -0.15) is 0 Å². The smallest absolute Gasteiger partial charge is 0.238 e. The van der Waals surface area contributed by atoms with Crippen LogP contribution in [0, 0.1) is 17.8 Å². The largest absolute Gasteiger partial charge is 0.316 e. The summed E-state index contributed by atoms with van der Waals surface area (Å²) < 4.78 is 22.3. The van der Waals surface area contributed by atoms with E-state index in [0.29, 0.717) is 0 Å². The molecule has 3 N–H and O–H groups in total. The first kappa shape index (κ1) is 14.8. The van der Waals surface area contributed by atoms with Crippen LogP contribution in [0.3, 0.4) is 0 Å². The third kappa shape index (κ3) is 3.54. The first-order valence-corrected chi connectivity index (χ1v) is 9.08. The Morgan fingerprint density at radius 1 is 1.14 bits per heavy atom. The van der Waals surface area contributed by atoms with Gasteiger partial charge in [0.05, 0.1) is 4.90 Å². The number of rotatable bonds is 6. The highest BCUT2D eigenvalue weighted by atomic mass is 32.2. The summed E-state index contributed by atoms with van der Waals surface area (Å²) in [5.74, 6) is 2.41. The number of allylic oxidation sites excluding steroid dienone is 2. The molecule has 4 nitrogen and oxygen atoms in total. The van der Waals surface area contributed by atoms with Gasteiger partial charge in [0.2, 0.25) is 10.0 Å². The zero-order valence-electron chi connectivity index (χ0n) is 12.0. The Kier molecular flexibility index (Phi) is 4.15. The van der Waals surface area contributed by atoms with Gasteiger partial charge < -0.3 is 5.32 Å². The zero-order chi connectivity index (χ0) is 14.9. The summed E-state index contributed by atoms with van der Waals surface area (Å²) in [6, 6.07) is 6.82. The SMILES string of the molecule is NS(=O)(=O)c1ccc(CCNCC2CC3C=CC2C3)cc1. The van der Waals surface area contributed by atoms with Gasteiger partial charge in [-0.15, -0.1) is 0 Å². The number of hydrogen-bond acceptors (Lipinski definition) is 3. The fraction of sp³-hybridized carbons (Fsp3) is 0.500. The molecular weight excluding hydrogens is 284 g/mol. The maximum Gasteiger partial charge on any atom is 0.238 e. The fourth-order valence-corrected chi connectivity index (χ4v) is 4.01. The van der Waals surface area contributed by atoms with Gasteiger partial charge in [-0.1, -0.05) is 24.3 Å². The van der Waals surface area contributed by atoms with Crippen LogP contribution in [0.5, 0.6) is 0 Å². The van der Waals surface area contributed by atoms with Gasteiger partial charge in [-0.05, 0) is 67.8 Å². The van der Waals surface area contributed by atoms with E-state index in [1.165, 1.54) is 12.8 Å². The minimum atomic E-state index is -3.58. The monoisotopic (exact) mass is 306 g/mol. The molecule has 3 unspecified atom stereocenters. The van der Waals surface area contributed by atoms with Crippen LogP contribution in [0.4, 0.5) is 0 Å². The van der Waals surface area contributed by atoms with Crippen molar-refractivity contribution >= 4 is 10.0 Å². The molecule has 0 radical (unpaired) electrons. The summed E-state index contributed by atoms with van der Waals surface area (Å²) in [7, 11) is -3.58. The molecule has 21 heavy (non-hydrogen) atoms. The average Bonchev–Trinajstić information content (AvgIpc) is 3.05. The lowest BCUT2D eigenvalue weighted by Gasteiger charge is -2.18. The van der Waals surface area contributed by atoms with E-state index in [9.17, 15) is 8.42 Å². The number of nitrogens with one attached hydrogen (secondary N) is 1. The molecule has 2 bridgehead atoms.